The second kappa shape index (κ2) is 5.93. The number of hydrogen-bond donors (Lipinski definition) is 1. The molecule has 1 aromatic heterocycles. The maximum Gasteiger partial charge on any atom is 0.296 e. The molecule has 1 saturated carbocycles. The summed E-state index contributed by atoms with van der Waals surface area (Å²) in [5, 5.41) is 4.64. The fraction of sp³-hybridized carbons (Fsp3) is 0.385. The van der Waals surface area contributed by atoms with E-state index in [1.807, 2.05) is 5.10 Å². The second-order valence-corrected chi connectivity index (χ2v) is 7.00. The average molecular weight is 346 g/mol. The van der Waals surface area contributed by atoms with Crippen LogP contribution in [-0.4, -0.2) is 33.9 Å². The Hall–Kier alpha value is -1.94. The molecule has 0 bridgehead atoms. The highest BCUT2D eigenvalue weighted by atomic mass is 32.2. The number of hydrogen-bond acceptors (Lipinski definition) is 4. The molecule has 23 heavy (non-hydrogen) atoms. The zero-order chi connectivity index (χ0) is 16.6. The molecule has 0 radical (unpaired) electrons. The molecule has 3 rings (SSSR count). The third-order valence-corrected chi connectivity index (χ3v) is 5.12. The fourth-order valence-corrected chi connectivity index (χ4v) is 3.63. The molecule has 1 aliphatic rings. The van der Waals surface area contributed by atoms with Crippen molar-refractivity contribution in [2.75, 3.05) is 0 Å². The van der Waals surface area contributed by atoms with Gasteiger partial charge in [0.05, 0.1) is 0 Å². The van der Waals surface area contributed by atoms with Crippen molar-refractivity contribution in [1.82, 2.24) is 19.5 Å². The number of benzene rings is 1. The van der Waals surface area contributed by atoms with Crippen LogP contribution in [0.3, 0.4) is 0 Å². The van der Waals surface area contributed by atoms with E-state index >= 15 is 0 Å². The van der Waals surface area contributed by atoms with E-state index in [1.54, 1.807) is 0 Å². The third kappa shape index (κ3) is 3.37. The highest BCUT2D eigenvalue weighted by Gasteiger charge is 2.40. The standard InChI is InChI=1S/C13H13F3N4O2S/c14-9-3-1-8(2-4-9)7-20(10-5-6-10)23(21,22)13-17-12(11(15)16)18-19-13/h1-4,10-11H,5-7H2,(H,17,18,19). The van der Waals surface area contributed by atoms with Gasteiger partial charge in [-0.1, -0.05) is 12.1 Å². The Morgan fingerprint density at radius 3 is 2.43 bits per heavy atom. The molecule has 1 fully saturated rings. The molecule has 1 aromatic carbocycles. The summed E-state index contributed by atoms with van der Waals surface area (Å²) in [5.41, 5.74) is 0.589. The van der Waals surface area contributed by atoms with Crippen molar-refractivity contribution in [2.45, 2.75) is 37.0 Å². The molecule has 6 nitrogen and oxygen atoms in total. The summed E-state index contributed by atoms with van der Waals surface area (Å²) in [6.07, 6.45) is -1.59. The maximum atomic E-state index is 12.9. The van der Waals surface area contributed by atoms with Gasteiger partial charge in [-0.05, 0) is 30.5 Å². The largest absolute Gasteiger partial charge is 0.296 e. The van der Waals surface area contributed by atoms with Crippen LogP contribution in [0.15, 0.2) is 29.4 Å². The predicted molar refractivity (Wildman–Crippen MR) is 73.5 cm³/mol. The van der Waals surface area contributed by atoms with Crippen molar-refractivity contribution in [3.63, 3.8) is 0 Å². The van der Waals surface area contributed by atoms with Crippen molar-refractivity contribution in [3.8, 4) is 0 Å². The van der Waals surface area contributed by atoms with E-state index in [9.17, 15) is 21.6 Å². The minimum atomic E-state index is -4.11. The van der Waals surface area contributed by atoms with Crippen LogP contribution in [0.1, 0.15) is 30.7 Å². The Balaban J connectivity index is 1.88. The summed E-state index contributed by atoms with van der Waals surface area (Å²) in [7, 11) is -4.11. The predicted octanol–water partition coefficient (Wildman–Crippen LogP) is 2.23. The normalized spacial score (nSPS) is 15.5. The van der Waals surface area contributed by atoms with Crippen molar-refractivity contribution >= 4 is 10.0 Å². The lowest BCUT2D eigenvalue weighted by molar-refractivity contribution is 0.140. The van der Waals surface area contributed by atoms with Gasteiger partial charge in [0.2, 0.25) is 0 Å². The maximum absolute atomic E-state index is 12.9. The summed E-state index contributed by atoms with van der Waals surface area (Å²) in [5.74, 6) is -1.22. The van der Waals surface area contributed by atoms with E-state index in [0.29, 0.717) is 18.4 Å². The second-order valence-electron chi connectivity index (χ2n) is 5.21. The van der Waals surface area contributed by atoms with E-state index in [4.69, 9.17) is 0 Å². The van der Waals surface area contributed by atoms with Crippen LogP contribution >= 0.6 is 0 Å². The number of nitrogens with zero attached hydrogens (tertiary/aromatic N) is 3. The quantitative estimate of drug-likeness (QED) is 0.870. The zero-order valence-electron chi connectivity index (χ0n) is 11.8. The van der Waals surface area contributed by atoms with E-state index < -0.39 is 33.2 Å². The molecule has 1 N–H and O–H groups in total. The molecule has 124 valence electrons. The number of aromatic nitrogens is 3. The van der Waals surface area contributed by atoms with Gasteiger partial charge in [0, 0.05) is 12.6 Å². The first-order valence-electron chi connectivity index (χ1n) is 6.84. The third-order valence-electron chi connectivity index (χ3n) is 3.43. The van der Waals surface area contributed by atoms with Crippen molar-refractivity contribution < 1.29 is 21.6 Å². The number of aromatic amines is 1. The number of alkyl halides is 2. The molecule has 1 aliphatic carbocycles. The topological polar surface area (TPSA) is 79.0 Å². The smallest absolute Gasteiger partial charge is 0.257 e. The van der Waals surface area contributed by atoms with Crippen LogP contribution in [0.25, 0.3) is 0 Å². The molecule has 0 atom stereocenters. The molecule has 0 spiro atoms. The molecular formula is C13H13F3N4O2S. The van der Waals surface area contributed by atoms with Gasteiger partial charge in [0.15, 0.2) is 5.82 Å². The van der Waals surface area contributed by atoms with E-state index in [0.717, 1.165) is 0 Å². The molecule has 10 heteroatoms. The minimum Gasteiger partial charge on any atom is -0.257 e. The summed E-state index contributed by atoms with van der Waals surface area (Å²) in [6, 6.07) is 5.19. The lowest BCUT2D eigenvalue weighted by Crippen LogP contribution is -2.33. The Morgan fingerprint density at radius 2 is 1.91 bits per heavy atom. The monoisotopic (exact) mass is 346 g/mol. The Labute approximate surface area is 130 Å². The molecule has 0 saturated heterocycles. The Morgan fingerprint density at radius 1 is 1.26 bits per heavy atom. The molecular weight excluding hydrogens is 333 g/mol. The molecule has 0 unspecified atom stereocenters. The Bertz CT molecular complexity index is 788. The molecule has 2 aromatic rings. The first-order chi connectivity index (χ1) is 10.9. The lowest BCUT2D eigenvalue weighted by Gasteiger charge is -2.20. The highest BCUT2D eigenvalue weighted by molar-refractivity contribution is 7.89. The minimum absolute atomic E-state index is 0.00579. The van der Waals surface area contributed by atoms with Crippen molar-refractivity contribution in [1.29, 1.82) is 0 Å². The summed E-state index contributed by atoms with van der Waals surface area (Å²) in [4.78, 5) is 3.36. The van der Waals surface area contributed by atoms with Crippen LogP contribution < -0.4 is 0 Å². The van der Waals surface area contributed by atoms with E-state index in [1.165, 1.54) is 28.6 Å². The van der Waals surface area contributed by atoms with Crippen LogP contribution in [0, 0.1) is 5.82 Å². The van der Waals surface area contributed by atoms with Crippen LogP contribution in [-0.2, 0) is 16.6 Å². The van der Waals surface area contributed by atoms with E-state index in [-0.39, 0.29) is 12.6 Å². The molecule has 0 aliphatic heterocycles. The summed E-state index contributed by atoms with van der Waals surface area (Å²) >= 11 is 0. The highest BCUT2D eigenvalue weighted by Crippen LogP contribution is 2.33. The van der Waals surface area contributed by atoms with Gasteiger partial charge < -0.3 is 0 Å². The first kappa shape index (κ1) is 15.9. The number of halogens is 3. The van der Waals surface area contributed by atoms with Gasteiger partial charge >= 0.3 is 0 Å². The van der Waals surface area contributed by atoms with Crippen molar-refractivity contribution in [2.24, 2.45) is 0 Å². The number of nitrogens with one attached hydrogen (secondary N) is 1. The molecule has 0 amide bonds. The van der Waals surface area contributed by atoms with Crippen LogP contribution in [0.2, 0.25) is 0 Å². The first-order valence-corrected chi connectivity index (χ1v) is 8.28. The van der Waals surface area contributed by atoms with Gasteiger partial charge in [-0.15, -0.1) is 5.10 Å². The van der Waals surface area contributed by atoms with E-state index in [2.05, 4.69) is 10.1 Å². The number of rotatable bonds is 6. The van der Waals surface area contributed by atoms with Crippen LogP contribution in [0.5, 0.6) is 0 Å². The summed E-state index contributed by atoms with van der Waals surface area (Å²) < 4.78 is 64.4. The number of sulfonamides is 1. The van der Waals surface area contributed by atoms with Gasteiger partial charge in [-0.2, -0.15) is 9.29 Å². The molecule has 1 heterocycles. The lowest BCUT2D eigenvalue weighted by atomic mass is 10.2. The average Bonchev–Trinajstić information content (AvgIpc) is 3.20. The van der Waals surface area contributed by atoms with Gasteiger partial charge in [-0.3, -0.25) is 5.10 Å². The zero-order valence-corrected chi connectivity index (χ0v) is 12.6. The van der Waals surface area contributed by atoms with Crippen LogP contribution in [0.4, 0.5) is 13.2 Å². The Kier molecular flexibility index (Phi) is 4.11. The van der Waals surface area contributed by atoms with Gasteiger partial charge in [0.25, 0.3) is 21.6 Å². The number of H-pyrrole nitrogens is 1. The summed E-state index contributed by atoms with van der Waals surface area (Å²) in [6.45, 7) is 0.00579. The van der Waals surface area contributed by atoms with Gasteiger partial charge in [-0.25, -0.2) is 21.6 Å². The SMILES string of the molecule is O=S(=O)(c1n[nH]c(C(F)F)n1)N(Cc1ccc(F)cc1)C1CC1. The fourth-order valence-electron chi connectivity index (χ4n) is 2.12. The van der Waals surface area contributed by atoms with Gasteiger partial charge in [0.1, 0.15) is 5.82 Å². The van der Waals surface area contributed by atoms with Crippen molar-refractivity contribution in [3.05, 3.63) is 41.5 Å².